The van der Waals surface area contributed by atoms with Gasteiger partial charge < -0.3 is 5.73 Å². The maximum absolute atomic E-state index is 8.94. The van der Waals surface area contributed by atoms with Crippen LogP contribution < -0.4 is 5.73 Å². The molecule has 1 aromatic heterocycles. The van der Waals surface area contributed by atoms with Crippen molar-refractivity contribution in [2.45, 2.75) is 52.1 Å². The smallest absolute Gasteiger partial charge is 0.104 e. The summed E-state index contributed by atoms with van der Waals surface area (Å²) in [7, 11) is 0. The lowest BCUT2D eigenvalue weighted by Gasteiger charge is -2.18. The van der Waals surface area contributed by atoms with Gasteiger partial charge in [-0.05, 0) is 39.2 Å². The van der Waals surface area contributed by atoms with Crippen LogP contribution in [-0.2, 0) is 6.54 Å². The molecule has 0 amide bonds. The van der Waals surface area contributed by atoms with Crippen LogP contribution in [0.5, 0.6) is 0 Å². The molecule has 0 saturated heterocycles. The van der Waals surface area contributed by atoms with Crippen molar-refractivity contribution in [1.82, 2.24) is 9.78 Å². The molecule has 0 aliphatic rings. The maximum Gasteiger partial charge on any atom is 0.104 e. The van der Waals surface area contributed by atoms with E-state index < -0.39 is 5.54 Å². The van der Waals surface area contributed by atoms with E-state index in [2.05, 4.69) is 17.2 Å². The van der Waals surface area contributed by atoms with Gasteiger partial charge in [0.2, 0.25) is 0 Å². The van der Waals surface area contributed by atoms with Crippen LogP contribution in [0.3, 0.4) is 0 Å². The molecule has 1 heterocycles. The number of rotatable bonds is 5. The monoisotopic (exact) mass is 220 g/mol. The molecule has 0 spiro atoms. The Labute approximate surface area is 97.1 Å². The van der Waals surface area contributed by atoms with Crippen LogP contribution in [0.2, 0.25) is 0 Å². The Morgan fingerprint density at radius 2 is 2.25 bits per heavy atom. The summed E-state index contributed by atoms with van der Waals surface area (Å²) < 4.78 is 1.97. The standard InChI is InChI=1S/C12H20N4/c1-4-12(14,9-13)6-5-7-16-11(3)8-10(2)15-16/h8H,4-7,14H2,1-3H3. The molecular formula is C12H20N4. The lowest BCUT2D eigenvalue weighted by molar-refractivity contribution is 0.431. The van der Waals surface area contributed by atoms with Gasteiger partial charge >= 0.3 is 0 Å². The molecule has 2 N–H and O–H groups in total. The molecule has 0 fully saturated rings. The molecule has 1 atom stereocenters. The fourth-order valence-electron chi connectivity index (χ4n) is 1.76. The van der Waals surface area contributed by atoms with Crippen LogP contribution in [0.4, 0.5) is 0 Å². The molecule has 1 rings (SSSR count). The molecular weight excluding hydrogens is 200 g/mol. The summed E-state index contributed by atoms with van der Waals surface area (Å²) in [6.07, 6.45) is 2.30. The van der Waals surface area contributed by atoms with Crippen molar-refractivity contribution in [2.75, 3.05) is 0 Å². The Bertz CT molecular complexity index is 388. The Morgan fingerprint density at radius 3 is 2.69 bits per heavy atom. The number of aryl methyl sites for hydroxylation is 3. The second kappa shape index (κ2) is 5.13. The van der Waals surface area contributed by atoms with Gasteiger partial charge in [-0.3, -0.25) is 4.68 Å². The zero-order valence-corrected chi connectivity index (χ0v) is 10.3. The van der Waals surface area contributed by atoms with E-state index >= 15 is 0 Å². The third kappa shape index (κ3) is 3.07. The summed E-state index contributed by atoms with van der Waals surface area (Å²) in [6, 6.07) is 4.24. The van der Waals surface area contributed by atoms with E-state index in [0.717, 1.165) is 30.8 Å². The van der Waals surface area contributed by atoms with Crippen molar-refractivity contribution in [3.05, 3.63) is 17.5 Å². The van der Waals surface area contributed by atoms with Crippen LogP contribution in [0.15, 0.2) is 6.07 Å². The first kappa shape index (κ1) is 12.7. The zero-order chi connectivity index (χ0) is 12.2. The molecule has 0 aromatic carbocycles. The number of nitrogens with zero attached hydrogens (tertiary/aromatic N) is 3. The molecule has 0 radical (unpaired) electrons. The van der Waals surface area contributed by atoms with Crippen LogP contribution in [0.25, 0.3) is 0 Å². The van der Waals surface area contributed by atoms with Crippen LogP contribution >= 0.6 is 0 Å². The molecule has 4 nitrogen and oxygen atoms in total. The first-order valence-corrected chi connectivity index (χ1v) is 5.72. The molecule has 0 aliphatic carbocycles. The van der Waals surface area contributed by atoms with Crippen molar-refractivity contribution >= 4 is 0 Å². The van der Waals surface area contributed by atoms with Gasteiger partial charge in [0.15, 0.2) is 0 Å². The fourth-order valence-corrected chi connectivity index (χ4v) is 1.76. The van der Waals surface area contributed by atoms with Crippen molar-refractivity contribution in [3.8, 4) is 6.07 Å². The van der Waals surface area contributed by atoms with Crippen molar-refractivity contribution in [3.63, 3.8) is 0 Å². The van der Waals surface area contributed by atoms with Gasteiger partial charge in [0.1, 0.15) is 5.54 Å². The van der Waals surface area contributed by atoms with Crippen molar-refractivity contribution in [1.29, 1.82) is 5.26 Å². The summed E-state index contributed by atoms with van der Waals surface area (Å²) in [5.74, 6) is 0. The summed E-state index contributed by atoms with van der Waals surface area (Å²) in [4.78, 5) is 0. The molecule has 0 aliphatic heterocycles. The lowest BCUT2D eigenvalue weighted by atomic mass is 9.93. The molecule has 16 heavy (non-hydrogen) atoms. The first-order valence-electron chi connectivity index (χ1n) is 5.72. The van der Waals surface area contributed by atoms with E-state index in [-0.39, 0.29) is 0 Å². The molecule has 4 heteroatoms. The molecule has 88 valence electrons. The maximum atomic E-state index is 8.94. The van der Waals surface area contributed by atoms with Crippen LogP contribution in [0.1, 0.15) is 37.6 Å². The topological polar surface area (TPSA) is 67.6 Å². The molecule has 0 saturated carbocycles. The summed E-state index contributed by atoms with van der Waals surface area (Å²) in [6.45, 7) is 6.81. The highest BCUT2D eigenvalue weighted by molar-refractivity contribution is 5.07. The number of nitriles is 1. The van der Waals surface area contributed by atoms with Crippen LogP contribution in [-0.4, -0.2) is 15.3 Å². The average Bonchev–Trinajstić information content (AvgIpc) is 2.57. The van der Waals surface area contributed by atoms with E-state index in [4.69, 9.17) is 11.0 Å². The summed E-state index contributed by atoms with van der Waals surface area (Å²) in [5, 5.41) is 13.3. The minimum atomic E-state index is -0.671. The first-order chi connectivity index (χ1) is 7.50. The van der Waals surface area contributed by atoms with E-state index in [1.165, 1.54) is 0 Å². The van der Waals surface area contributed by atoms with Gasteiger partial charge in [-0.1, -0.05) is 6.92 Å². The summed E-state index contributed by atoms with van der Waals surface area (Å²) in [5.41, 5.74) is 7.44. The minimum absolute atomic E-state index is 0.671. The van der Waals surface area contributed by atoms with Gasteiger partial charge in [0, 0.05) is 12.2 Å². The number of hydrogen-bond acceptors (Lipinski definition) is 3. The zero-order valence-electron chi connectivity index (χ0n) is 10.3. The van der Waals surface area contributed by atoms with Gasteiger partial charge in [0.25, 0.3) is 0 Å². The highest BCUT2D eigenvalue weighted by Gasteiger charge is 2.21. The van der Waals surface area contributed by atoms with Gasteiger partial charge in [-0.25, -0.2) is 0 Å². The second-order valence-corrected chi connectivity index (χ2v) is 4.38. The largest absolute Gasteiger partial charge is 0.313 e. The Morgan fingerprint density at radius 1 is 1.56 bits per heavy atom. The average molecular weight is 220 g/mol. The quantitative estimate of drug-likeness (QED) is 0.824. The Balaban J connectivity index is 2.48. The fraction of sp³-hybridized carbons (Fsp3) is 0.667. The Kier molecular flexibility index (Phi) is 4.08. The van der Waals surface area contributed by atoms with Gasteiger partial charge in [-0.15, -0.1) is 0 Å². The third-order valence-corrected chi connectivity index (χ3v) is 2.95. The second-order valence-electron chi connectivity index (χ2n) is 4.38. The normalized spacial score (nSPS) is 14.4. The highest BCUT2D eigenvalue weighted by Crippen LogP contribution is 2.14. The molecule has 1 unspecified atom stereocenters. The molecule has 0 bridgehead atoms. The third-order valence-electron chi connectivity index (χ3n) is 2.95. The van der Waals surface area contributed by atoms with Gasteiger partial charge in [-0.2, -0.15) is 10.4 Å². The van der Waals surface area contributed by atoms with Crippen molar-refractivity contribution in [2.24, 2.45) is 5.73 Å². The predicted octanol–water partition coefficient (Wildman–Crippen LogP) is 1.91. The van der Waals surface area contributed by atoms with Crippen molar-refractivity contribution < 1.29 is 0 Å². The van der Waals surface area contributed by atoms with E-state index in [1.807, 2.05) is 25.5 Å². The van der Waals surface area contributed by atoms with E-state index in [0.29, 0.717) is 6.42 Å². The lowest BCUT2D eigenvalue weighted by Crippen LogP contribution is -2.37. The number of hydrogen-bond donors (Lipinski definition) is 1. The predicted molar refractivity (Wildman–Crippen MR) is 63.8 cm³/mol. The highest BCUT2D eigenvalue weighted by atomic mass is 15.3. The minimum Gasteiger partial charge on any atom is -0.313 e. The summed E-state index contributed by atoms with van der Waals surface area (Å²) >= 11 is 0. The van der Waals surface area contributed by atoms with Crippen LogP contribution in [0, 0.1) is 25.2 Å². The van der Waals surface area contributed by atoms with Gasteiger partial charge in [0.05, 0.1) is 11.8 Å². The Hall–Kier alpha value is -1.34. The SMILES string of the molecule is CCC(N)(C#N)CCCn1nc(C)cc1C. The molecule has 1 aromatic rings. The van der Waals surface area contributed by atoms with E-state index in [1.54, 1.807) is 0 Å². The van der Waals surface area contributed by atoms with E-state index in [9.17, 15) is 0 Å². The number of nitrogens with two attached hydrogens (primary N) is 1. The number of aromatic nitrogens is 2.